The van der Waals surface area contributed by atoms with Gasteiger partial charge in [-0.25, -0.2) is 0 Å². The molecule has 68 valence electrons. The maximum atomic E-state index is 5.78. The highest BCUT2D eigenvalue weighted by Gasteiger charge is 2.04. The first-order chi connectivity index (χ1) is 6.20. The molecule has 0 atom stereocenters. The molecule has 0 fully saturated rings. The van der Waals surface area contributed by atoms with Gasteiger partial charge in [-0.05, 0) is 30.7 Å². The van der Waals surface area contributed by atoms with E-state index in [1.807, 2.05) is 0 Å². The highest BCUT2D eigenvalue weighted by atomic mass is 35.5. The van der Waals surface area contributed by atoms with Crippen molar-refractivity contribution >= 4 is 45.7 Å². The first-order valence-electron chi connectivity index (χ1n) is 3.98. The van der Waals surface area contributed by atoms with E-state index in [0.29, 0.717) is 5.88 Å². The minimum Gasteiger partial charge on any atom is -0.143 e. The Bertz CT molecular complexity index is 445. The molecule has 13 heavy (non-hydrogen) atoms. The van der Waals surface area contributed by atoms with E-state index in [4.69, 9.17) is 11.6 Å². The molecule has 0 bridgehead atoms. The predicted octanol–water partition coefficient (Wildman–Crippen LogP) is 4.24. The van der Waals surface area contributed by atoms with Gasteiger partial charge in [0.1, 0.15) is 0 Å². The molecule has 0 spiro atoms. The summed E-state index contributed by atoms with van der Waals surface area (Å²) in [7, 11) is 0. The van der Waals surface area contributed by atoms with Crippen molar-refractivity contribution in [3.05, 3.63) is 28.6 Å². The number of thiophene rings is 1. The van der Waals surface area contributed by atoms with Crippen LogP contribution in [0.1, 0.15) is 10.4 Å². The fourth-order valence-electron chi connectivity index (χ4n) is 1.37. The zero-order valence-electron chi connectivity index (χ0n) is 7.17. The van der Waals surface area contributed by atoms with Crippen molar-refractivity contribution < 1.29 is 0 Å². The molecular weight excluding hydrogens is 220 g/mol. The van der Waals surface area contributed by atoms with E-state index in [0.717, 1.165) is 4.90 Å². The largest absolute Gasteiger partial charge is 0.143 e. The number of aryl methyl sites for hydroxylation is 1. The number of hydrogen-bond acceptors (Lipinski definition) is 2. The van der Waals surface area contributed by atoms with E-state index in [1.165, 1.54) is 20.5 Å². The van der Waals surface area contributed by atoms with Crippen molar-refractivity contribution in [1.82, 2.24) is 0 Å². The van der Waals surface area contributed by atoms with Gasteiger partial charge in [0, 0.05) is 19.9 Å². The average molecular weight is 229 g/mol. The van der Waals surface area contributed by atoms with Gasteiger partial charge in [-0.3, -0.25) is 0 Å². The molecule has 3 heteroatoms. The number of fused-ring (bicyclic) bond motifs is 1. The summed E-state index contributed by atoms with van der Waals surface area (Å²) in [5.41, 5.74) is 1.25. The predicted molar refractivity (Wildman–Crippen MR) is 63.4 cm³/mol. The number of rotatable bonds is 1. The molecule has 0 unspecified atom stereocenters. The summed E-state index contributed by atoms with van der Waals surface area (Å²) in [5, 5.41) is 1.22. The molecule has 0 nitrogen and oxygen atoms in total. The summed E-state index contributed by atoms with van der Waals surface area (Å²) >= 11 is 12.0. The topological polar surface area (TPSA) is 0 Å². The van der Waals surface area contributed by atoms with Crippen LogP contribution in [0.5, 0.6) is 0 Å². The minimum absolute atomic E-state index is 0.589. The van der Waals surface area contributed by atoms with Gasteiger partial charge in [0.05, 0.1) is 5.88 Å². The second-order valence-corrected chi connectivity index (χ2v) is 4.96. The lowest BCUT2D eigenvalue weighted by molar-refractivity contribution is 1.43. The zero-order valence-corrected chi connectivity index (χ0v) is 9.64. The molecule has 1 aromatic heterocycles. The lowest BCUT2D eigenvalue weighted by Gasteiger charge is -1.96. The maximum Gasteiger partial charge on any atom is 0.0568 e. The summed E-state index contributed by atoms with van der Waals surface area (Å²) in [6, 6.07) is 6.38. The minimum atomic E-state index is 0.589. The number of alkyl halides is 1. The van der Waals surface area contributed by atoms with Crippen molar-refractivity contribution in [2.75, 3.05) is 0 Å². The summed E-state index contributed by atoms with van der Waals surface area (Å²) in [6.45, 7) is 2.08. The van der Waals surface area contributed by atoms with E-state index in [-0.39, 0.29) is 0 Å². The third-order valence-electron chi connectivity index (χ3n) is 1.94. The van der Waals surface area contributed by atoms with Gasteiger partial charge in [0.2, 0.25) is 0 Å². The van der Waals surface area contributed by atoms with Crippen LogP contribution in [0.3, 0.4) is 0 Å². The Morgan fingerprint density at radius 2 is 2.15 bits per heavy atom. The van der Waals surface area contributed by atoms with Gasteiger partial charge in [-0.1, -0.05) is 0 Å². The Labute approximate surface area is 91.9 Å². The molecular formula is C10H9ClS2. The van der Waals surface area contributed by atoms with Crippen LogP contribution in [0.15, 0.2) is 23.1 Å². The van der Waals surface area contributed by atoms with Crippen molar-refractivity contribution in [1.29, 1.82) is 0 Å². The zero-order chi connectivity index (χ0) is 9.42. The summed E-state index contributed by atoms with van der Waals surface area (Å²) in [6.07, 6.45) is 0. The van der Waals surface area contributed by atoms with E-state index in [2.05, 4.69) is 37.8 Å². The van der Waals surface area contributed by atoms with Gasteiger partial charge in [0.15, 0.2) is 0 Å². The molecule has 0 amide bonds. The SMILES string of the molecule is Cc1cc(S)c2cc(CCl)sc2c1. The van der Waals surface area contributed by atoms with Gasteiger partial charge >= 0.3 is 0 Å². The van der Waals surface area contributed by atoms with Crippen LogP contribution in [0.25, 0.3) is 10.1 Å². The summed E-state index contributed by atoms with van der Waals surface area (Å²) in [5.74, 6) is 0.589. The number of benzene rings is 1. The Balaban J connectivity index is 2.75. The van der Waals surface area contributed by atoms with E-state index in [9.17, 15) is 0 Å². The number of hydrogen-bond donors (Lipinski definition) is 1. The van der Waals surface area contributed by atoms with Gasteiger partial charge in [-0.2, -0.15) is 0 Å². The molecule has 1 heterocycles. The quantitative estimate of drug-likeness (QED) is 0.548. The van der Waals surface area contributed by atoms with Crippen molar-refractivity contribution in [2.45, 2.75) is 17.7 Å². The molecule has 0 N–H and O–H groups in total. The lowest BCUT2D eigenvalue weighted by atomic mass is 10.2. The molecule has 1 aromatic carbocycles. The molecule has 0 saturated carbocycles. The Morgan fingerprint density at radius 1 is 1.38 bits per heavy atom. The van der Waals surface area contributed by atoms with Crippen LogP contribution in [0.2, 0.25) is 0 Å². The fraction of sp³-hybridized carbons (Fsp3) is 0.200. The highest BCUT2D eigenvalue weighted by molar-refractivity contribution is 7.80. The van der Waals surface area contributed by atoms with Crippen LogP contribution >= 0.6 is 35.6 Å². The van der Waals surface area contributed by atoms with Crippen LogP contribution in [0, 0.1) is 6.92 Å². The summed E-state index contributed by atoms with van der Waals surface area (Å²) in [4.78, 5) is 2.25. The normalized spacial score (nSPS) is 11.0. The third-order valence-corrected chi connectivity index (χ3v) is 3.84. The molecule has 0 radical (unpaired) electrons. The molecule has 0 saturated heterocycles. The molecule has 0 aliphatic rings. The van der Waals surface area contributed by atoms with Crippen molar-refractivity contribution in [3.8, 4) is 0 Å². The van der Waals surface area contributed by atoms with Gasteiger partial charge in [-0.15, -0.1) is 35.6 Å². The second-order valence-electron chi connectivity index (χ2n) is 3.04. The molecule has 0 aliphatic heterocycles. The van der Waals surface area contributed by atoms with Crippen LogP contribution < -0.4 is 0 Å². The molecule has 2 rings (SSSR count). The number of thiol groups is 1. The van der Waals surface area contributed by atoms with Crippen molar-refractivity contribution in [2.24, 2.45) is 0 Å². The van der Waals surface area contributed by atoms with Crippen LogP contribution in [0.4, 0.5) is 0 Å². The van der Waals surface area contributed by atoms with Crippen LogP contribution in [-0.4, -0.2) is 0 Å². The summed E-state index contributed by atoms with van der Waals surface area (Å²) < 4.78 is 1.28. The van der Waals surface area contributed by atoms with Gasteiger partial charge < -0.3 is 0 Å². The standard InChI is InChI=1S/C10H9ClS2/c1-6-2-9(12)8-4-7(5-11)13-10(8)3-6/h2-4,12H,5H2,1H3. The Kier molecular flexibility index (Phi) is 2.54. The number of halogens is 1. The smallest absolute Gasteiger partial charge is 0.0568 e. The molecule has 2 aromatic rings. The van der Waals surface area contributed by atoms with E-state index >= 15 is 0 Å². The average Bonchev–Trinajstić information content (AvgIpc) is 2.47. The van der Waals surface area contributed by atoms with E-state index in [1.54, 1.807) is 11.3 Å². The molecule has 0 aliphatic carbocycles. The monoisotopic (exact) mass is 228 g/mol. The van der Waals surface area contributed by atoms with Crippen LogP contribution in [-0.2, 0) is 5.88 Å². The second kappa shape index (κ2) is 3.52. The fourth-order valence-corrected chi connectivity index (χ4v) is 3.12. The Morgan fingerprint density at radius 3 is 2.85 bits per heavy atom. The highest BCUT2D eigenvalue weighted by Crippen LogP contribution is 2.32. The third kappa shape index (κ3) is 1.71. The van der Waals surface area contributed by atoms with Crippen molar-refractivity contribution in [3.63, 3.8) is 0 Å². The first-order valence-corrected chi connectivity index (χ1v) is 5.78. The Hall–Kier alpha value is -0.180. The lowest BCUT2D eigenvalue weighted by Crippen LogP contribution is -1.72. The van der Waals surface area contributed by atoms with Gasteiger partial charge in [0.25, 0.3) is 0 Å². The maximum absolute atomic E-state index is 5.78. The van der Waals surface area contributed by atoms with E-state index < -0.39 is 0 Å². The first kappa shape index (κ1) is 9.38.